The van der Waals surface area contributed by atoms with Crippen molar-refractivity contribution >= 4 is 5.69 Å². The average molecular weight is 280 g/mol. The van der Waals surface area contributed by atoms with Gasteiger partial charge in [0.15, 0.2) is 0 Å². The zero-order valence-corrected chi connectivity index (χ0v) is 12.1. The topological polar surface area (TPSA) is 79.0 Å². The molecule has 1 aromatic carbocycles. The number of nitrogens with two attached hydrogens (primary N) is 1. The molecule has 1 fully saturated rings. The summed E-state index contributed by atoms with van der Waals surface area (Å²) in [6.07, 6.45) is -0.793. The minimum absolute atomic E-state index is 0.00564. The first-order valence-electron chi connectivity index (χ1n) is 6.94. The number of hydrogen-bond acceptors (Lipinski definition) is 5. The van der Waals surface area contributed by atoms with Gasteiger partial charge in [0.25, 0.3) is 0 Å². The number of hydrogen-bond donors (Lipinski definition) is 3. The van der Waals surface area contributed by atoms with E-state index in [9.17, 15) is 10.2 Å². The Hall–Kier alpha value is -1.14. The van der Waals surface area contributed by atoms with E-state index >= 15 is 0 Å². The van der Waals surface area contributed by atoms with Gasteiger partial charge in [-0.05, 0) is 31.5 Å². The molecule has 0 radical (unpaired) electrons. The van der Waals surface area contributed by atoms with E-state index in [1.807, 2.05) is 26.0 Å². The summed E-state index contributed by atoms with van der Waals surface area (Å²) in [4.78, 5) is 2.12. The summed E-state index contributed by atoms with van der Waals surface area (Å²) in [7, 11) is 0. The lowest BCUT2D eigenvalue weighted by Crippen LogP contribution is -2.54. The van der Waals surface area contributed by atoms with Gasteiger partial charge in [-0.2, -0.15) is 0 Å². The van der Waals surface area contributed by atoms with E-state index in [2.05, 4.69) is 4.90 Å². The summed E-state index contributed by atoms with van der Waals surface area (Å²) in [5.74, 6) is 0. The van der Waals surface area contributed by atoms with Gasteiger partial charge in [-0.15, -0.1) is 0 Å². The van der Waals surface area contributed by atoms with E-state index in [4.69, 9.17) is 10.5 Å². The second kappa shape index (κ2) is 6.10. The molecule has 1 heterocycles. The van der Waals surface area contributed by atoms with Gasteiger partial charge < -0.3 is 20.7 Å². The smallest absolute Gasteiger partial charge is 0.0940 e. The van der Waals surface area contributed by atoms with Crippen LogP contribution in [0.15, 0.2) is 24.3 Å². The third kappa shape index (κ3) is 3.93. The number of aliphatic hydroxyl groups is 2. The number of β-amino-alcohol motifs (C(OH)–C–C–N with tert-alkyl or cyclic N) is 1. The quantitative estimate of drug-likeness (QED) is 0.710. The highest BCUT2D eigenvalue weighted by molar-refractivity contribution is 5.41. The number of nitrogen functional groups attached to an aromatic ring is 1. The van der Waals surface area contributed by atoms with E-state index < -0.39 is 6.10 Å². The fraction of sp³-hybridized carbons (Fsp3) is 0.600. The van der Waals surface area contributed by atoms with Crippen LogP contribution in [0.4, 0.5) is 5.69 Å². The lowest BCUT2D eigenvalue weighted by molar-refractivity contribution is -0.153. The molecule has 0 amide bonds. The molecule has 0 saturated carbocycles. The van der Waals surface area contributed by atoms with Gasteiger partial charge >= 0.3 is 0 Å². The van der Waals surface area contributed by atoms with Crippen molar-refractivity contribution in [2.45, 2.75) is 31.7 Å². The maximum atomic E-state index is 10.3. The van der Waals surface area contributed by atoms with Crippen LogP contribution >= 0.6 is 0 Å². The highest BCUT2D eigenvalue weighted by atomic mass is 16.5. The van der Waals surface area contributed by atoms with Crippen LogP contribution in [-0.4, -0.2) is 53.1 Å². The van der Waals surface area contributed by atoms with E-state index in [0.29, 0.717) is 18.8 Å². The van der Waals surface area contributed by atoms with Gasteiger partial charge in [0.1, 0.15) is 0 Å². The monoisotopic (exact) mass is 280 g/mol. The number of ether oxygens (including phenoxy) is 1. The number of morpholine rings is 1. The molecule has 112 valence electrons. The molecule has 0 aromatic heterocycles. The molecule has 2 atom stereocenters. The molecule has 4 N–H and O–H groups in total. The molecule has 2 rings (SSSR count). The van der Waals surface area contributed by atoms with Crippen molar-refractivity contribution in [2.75, 3.05) is 32.0 Å². The summed E-state index contributed by atoms with van der Waals surface area (Å²) in [6.45, 7) is 5.84. The predicted octanol–water partition coefficient (Wildman–Crippen LogP) is 0.774. The maximum Gasteiger partial charge on any atom is 0.0940 e. The van der Waals surface area contributed by atoms with Gasteiger partial charge in [0, 0.05) is 25.3 Å². The molecule has 1 aliphatic rings. The summed E-state index contributed by atoms with van der Waals surface area (Å²) in [5, 5.41) is 19.6. The molecule has 5 heteroatoms. The third-order valence-electron chi connectivity index (χ3n) is 3.48. The van der Waals surface area contributed by atoms with Gasteiger partial charge in [0.05, 0.1) is 24.4 Å². The zero-order valence-electron chi connectivity index (χ0n) is 12.1. The zero-order chi connectivity index (χ0) is 14.8. The molecule has 2 unspecified atom stereocenters. The van der Waals surface area contributed by atoms with Gasteiger partial charge in [-0.1, -0.05) is 12.1 Å². The minimum atomic E-state index is -0.591. The van der Waals surface area contributed by atoms with Crippen LogP contribution in [0.25, 0.3) is 0 Å². The predicted molar refractivity (Wildman–Crippen MR) is 78.3 cm³/mol. The molecule has 1 saturated heterocycles. The van der Waals surface area contributed by atoms with Crippen molar-refractivity contribution < 1.29 is 14.9 Å². The normalized spacial score (nSPS) is 24.5. The van der Waals surface area contributed by atoms with Crippen LogP contribution in [0.2, 0.25) is 0 Å². The Morgan fingerprint density at radius 2 is 2.25 bits per heavy atom. The van der Waals surface area contributed by atoms with Gasteiger partial charge in [0.2, 0.25) is 0 Å². The molecule has 20 heavy (non-hydrogen) atoms. The van der Waals surface area contributed by atoms with E-state index in [1.54, 1.807) is 12.1 Å². The fourth-order valence-electron chi connectivity index (χ4n) is 2.77. The Morgan fingerprint density at radius 1 is 1.50 bits per heavy atom. The third-order valence-corrected chi connectivity index (χ3v) is 3.48. The molecular formula is C15H24N2O3. The van der Waals surface area contributed by atoms with Crippen LogP contribution in [0, 0.1) is 0 Å². The number of aliphatic hydroxyl groups excluding tert-OH is 2. The molecule has 5 nitrogen and oxygen atoms in total. The van der Waals surface area contributed by atoms with Crippen molar-refractivity contribution in [3.05, 3.63) is 29.8 Å². The van der Waals surface area contributed by atoms with E-state index in [-0.39, 0.29) is 18.3 Å². The Morgan fingerprint density at radius 3 is 2.90 bits per heavy atom. The molecule has 0 spiro atoms. The summed E-state index contributed by atoms with van der Waals surface area (Å²) < 4.78 is 5.77. The van der Waals surface area contributed by atoms with Crippen molar-refractivity contribution in [2.24, 2.45) is 0 Å². The number of rotatable bonds is 4. The lowest BCUT2D eigenvalue weighted by atomic mass is 10.0. The fourth-order valence-corrected chi connectivity index (χ4v) is 2.77. The van der Waals surface area contributed by atoms with Crippen LogP contribution in [-0.2, 0) is 4.74 Å². The largest absolute Gasteiger partial charge is 0.399 e. The van der Waals surface area contributed by atoms with Crippen molar-refractivity contribution in [3.63, 3.8) is 0 Å². The highest BCUT2D eigenvalue weighted by Crippen LogP contribution is 2.24. The number of anilines is 1. The average Bonchev–Trinajstić information content (AvgIpc) is 2.36. The Balaban J connectivity index is 2.01. The molecule has 0 bridgehead atoms. The van der Waals surface area contributed by atoms with Crippen molar-refractivity contribution in [1.82, 2.24) is 4.90 Å². The van der Waals surface area contributed by atoms with Crippen LogP contribution in [0.1, 0.15) is 25.5 Å². The molecule has 0 aliphatic carbocycles. The molecular weight excluding hydrogens is 256 g/mol. The summed E-state index contributed by atoms with van der Waals surface area (Å²) in [6, 6.07) is 7.31. The second-order valence-electron chi connectivity index (χ2n) is 6.06. The van der Waals surface area contributed by atoms with Crippen molar-refractivity contribution in [1.29, 1.82) is 0 Å². The van der Waals surface area contributed by atoms with Crippen LogP contribution < -0.4 is 5.73 Å². The SMILES string of the molecule is CC1(C)CN(CC(O)c2cccc(N)c2)CC(CO)O1. The Kier molecular flexibility index (Phi) is 4.65. The molecule has 1 aliphatic heterocycles. The van der Waals surface area contributed by atoms with Gasteiger partial charge in [-0.25, -0.2) is 0 Å². The van der Waals surface area contributed by atoms with Gasteiger partial charge in [-0.3, -0.25) is 4.90 Å². The van der Waals surface area contributed by atoms with Crippen molar-refractivity contribution in [3.8, 4) is 0 Å². The lowest BCUT2D eigenvalue weighted by Gasteiger charge is -2.42. The first-order valence-corrected chi connectivity index (χ1v) is 6.94. The highest BCUT2D eigenvalue weighted by Gasteiger charge is 2.33. The summed E-state index contributed by atoms with van der Waals surface area (Å²) in [5.41, 5.74) is 6.88. The second-order valence-corrected chi connectivity index (χ2v) is 6.06. The van der Waals surface area contributed by atoms with Crippen LogP contribution in [0.3, 0.4) is 0 Å². The standard InChI is InChI=1S/C15H24N2O3/c1-15(2)10-17(7-13(9-18)20-15)8-14(19)11-4-3-5-12(16)6-11/h3-6,13-14,18-19H,7-10,16H2,1-2H3. The number of nitrogens with zero attached hydrogens (tertiary/aromatic N) is 1. The maximum absolute atomic E-state index is 10.3. The number of benzene rings is 1. The van der Waals surface area contributed by atoms with E-state index in [1.165, 1.54) is 0 Å². The first kappa shape index (κ1) is 15.3. The Labute approximate surface area is 120 Å². The van der Waals surface area contributed by atoms with Crippen LogP contribution in [0.5, 0.6) is 0 Å². The molecule has 1 aromatic rings. The van der Waals surface area contributed by atoms with E-state index in [0.717, 1.165) is 12.1 Å². The first-order chi connectivity index (χ1) is 9.39. The summed E-state index contributed by atoms with van der Waals surface area (Å²) >= 11 is 0. The Bertz CT molecular complexity index is 450. The minimum Gasteiger partial charge on any atom is -0.399 e.